The fraction of sp³-hybridized carbons (Fsp3) is 0.286. The summed E-state index contributed by atoms with van der Waals surface area (Å²) >= 11 is 0. The van der Waals surface area contributed by atoms with Crippen molar-refractivity contribution in [2.45, 2.75) is 25.4 Å². The predicted octanol–water partition coefficient (Wildman–Crippen LogP) is 2.68. The minimum Gasteiger partial charge on any atom is -0.481 e. The predicted molar refractivity (Wildman–Crippen MR) is 118 cm³/mol. The summed E-state index contributed by atoms with van der Waals surface area (Å²) in [5, 5.41) is 3.45. The van der Waals surface area contributed by atoms with E-state index in [1.54, 1.807) is 0 Å². The zero-order valence-corrected chi connectivity index (χ0v) is 19.7. The van der Waals surface area contributed by atoms with Crippen molar-refractivity contribution in [1.29, 1.82) is 0 Å². The van der Waals surface area contributed by atoms with Gasteiger partial charge in [0.25, 0.3) is 5.71 Å². The Bertz CT molecular complexity index is 1710. The summed E-state index contributed by atoms with van der Waals surface area (Å²) < 4.78 is 110. The standard InChI is InChI=1S/C21H16F5N5O5S/c1-3-37(33,34)29-13-7-30-14(21(13,25)26)8-31(20(30)32)18-17-10(6-15(35-2)27-19(17)36-28-18)16-11(23)4-9(22)5-12(16)24/h4-6,8,13,29H,3,7H2,1-2H3/t13-/m1/s1. The van der Waals surface area contributed by atoms with Crippen molar-refractivity contribution < 1.29 is 39.6 Å². The SMILES string of the molecule is CCS(=O)(=O)N[C@@H]1Cn2c(cn(-c3noc4nc(OC)cc(-c5c(F)cc(F)cc5F)c34)c2=O)C1(F)F. The molecule has 1 aliphatic heterocycles. The minimum atomic E-state index is -4.02. The Kier molecular flexibility index (Phi) is 5.63. The molecular weight excluding hydrogens is 529 g/mol. The molecule has 4 aromatic rings. The molecule has 0 unspecified atom stereocenters. The minimum absolute atomic E-state index is 0.169. The number of hydrogen-bond donors (Lipinski definition) is 1. The van der Waals surface area contributed by atoms with Crippen molar-refractivity contribution >= 4 is 21.1 Å². The van der Waals surface area contributed by atoms with E-state index in [1.807, 2.05) is 4.72 Å². The zero-order chi connectivity index (χ0) is 26.9. The van der Waals surface area contributed by atoms with Crippen LogP contribution in [0.15, 0.2) is 33.7 Å². The molecule has 1 atom stereocenters. The van der Waals surface area contributed by atoms with Gasteiger partial charge in [0.15, 0.2) is 5.82 Å². The fourth-order valence-electron chi connectivity index (χ4n) is 4.14. The van der Waals surface area contributed by atoms with Crippen LogP contribution in [0.25, 0.3) is 28.0 Å². The van der Waals surface area contributed by atoms with Gasteiger partial charge in [-0.3, -0.25) is 4.57 Å². The van der Waals surface area contributed by atoms with Crippen LogP contribution < -0.4 is 15.1 Å². The number of nitrogens with zero attached hydrogens (tertiary/aromatic N) is 4. The first-order chi connectivity index (χ1) is 17.4. The van der Waals surface area contributed by atoms with Gasteiger partial charge in [-0.2, -0.15) is 13.8 Å². The first-order valence-corrected chi connectivity index (χ1v) is 12.2. The summed E-state index contributed by atoms with van der Waals surface area (Å²) in [5.74, 6) is -8.62. The molecule has 1 aromatic carbocycles. The average molecular weight is 545 g/mol. The Morgan fingerprint density at radius 3 is 2.49 bits per heavy atom. The number of sulfonamides is 1. The number of nitrogens with one attached hydrogen (secondary N) is 1. The molecule has 0 saturated carbocycles. The lowest BCUT2D eigenvalue weighted by molar-refractivity contribution is -0.0248. The van der Waals surface area contributed by atoms with Crippen LogP contribution >= 0.6 is 0 Å². The summed E-state index contributed by atoms with van der Waals surface area (Å²) in [5.41, 5.74) is -3.25. The van der Waals surface area contributed by atoms with E-state index < -0.39 is 74.5 Å². The van der Waals surface area contributed by atoms with E-state index >= 15 is 8.78 Å². The number of aromatic nitrogens is 4. The van der Waals surface area contributed by atoms with E-state index in [0.717, 1.165) is 12.3 Å². The average Bonchev–Trinajstić information content (AvgIpc) is 3.45. The number of methoxy groups -OCH3 is 1. The Labute approximate surface area is 204 Å². The lowest BCUT2D eigenvalue weighted by atomic mass is 10.0. The van der Waals surface area contributed by atoms with E-state index in [2.05, 4.69) is 10.1 Å². The van der Waals surface area contributed by atoms with Gasteiger partial charge in [0.1, 0.15) is 29.2 Å². The summed E-state index contributed by atoms with van der Waals surface area (Å²) in [6, 6.07) is 0.0392. The monoisotopic (exact) mass is 545 g/mol. The number of benzene rings is 1. The zero-order valence-electron chi connectivity index (χ0n) is 18.9. The molecule has 5 rings (SSSR count). The van der Waals surface area contributed by atoms with Gasteiger partial charge in [-0.05, 0) is 6.92 Å². The third-order valence-electron chi connectivity index (χ3n) is 5.94. The van der Waals surface area contributed by atoms with Crippen molar-refractivity contribution in [2.24, 2.45) is 0 Å². The van der Waals surface area contributed by atoms with Gasteiger partial charge in [0.2, 0.25) is 15.9 Å². The first kappa shape index (κ1) is 24.9. The van der Waals surface area contributed by atoms with Crippen molar-refractivity contribution in [3.8, 4) is 22.8 Å². The number of halogens is 5. The van der Waals surface area contributed by atoms with Crippen LogP contribution in [0.2, 0.25) is 0 Å². The molecule has 1 aliphatic rings. The number of fused-ring (bicyclic) bond motifs is 2. The number of pyridine rings is 1. The molecule has 0 fully saturated rings. The van der Waals surface area contributed by atoms with Crippen molar-refractivity contribution in [3.05, 3.63) is 58.0 Å². The quantitative estimate of drug-likeness (QED) is 0.370. The highest BCUT2D eigenvalue weighted by Crippen LogP contribution is 2.40. The second-order valence-electron chi connectivity index (χ2n) is 8.12. The molecule has 0 bridgehead atoms. The summed E-state index contributed by atoms with van der Waals surface area (Å²) in [6.45, 7) is 0.578. The molecule has 0 aliphatic carbocycles. The highest BCUT2D eigenvalue weighted by atomic mass is 32.2. The van der Waals surface area contributed by atoms with Gasteiger partial charge in [-0.1, -0.05) is 5.16 Å². The van der Waals surface area contributed by atoms with E-state index in [1.165, 1.54) is 14.0 Å². The van der Waals surface area contributed by atoms with E-state index in [9.17, 15) is 26.4 Å². The molecule has 0 saturated heterocycles. The van der Waals surface area contributed by atoms with Crippen LogP contribution in [-0.2, 0) is 22.5 Å². The van der Waals surface area contributed by atoms with E-state index in [0.29, 0.717) is 21.3 Å². The molecule has 3 aromatic heterocycles. The molecule has 16 heteroatoms. The molecule has 0 amide bonds. The van der Waals surface area contributed by atoms with Crippen LogP contribution in [0.5, 0.6) is 5.88 Å². The van der Waals surface area contributed by atoms with Crippen LogP contribution in [0.3, 0.4) is 0 Å². The molecule has 0 radical (unpaired) electrons. The number of alkyl halides is 2. The number of rotatable bonds is 6. The number of ether oxygens (including phenoxy) is 1. The van der Waals surface area contributed by atoms with Gasteiger partial charge in [0, 0.05) is 30.0 Å². The van der Waals surface area contributed by atoms with Crippen LogP contribution in [0, 0.1) is 17.5 Å². The molecule has 4 heterocycles. The topological polar surface area (TPSA) is 121 Å². The lowest BCUT2D eigenvalue weighted by Crippen LogP contribution is -2.45. The van der Waals surface area contributed by atoms with Gasteiger partial charge in [-0.25, -0.2) is 35.7 Å². The van der Waals surface area contributed by atoms with Crippen molar-refractivity contribution in [1.82, 2.24) is 24.0 Å². The fourth-order valence-corrected chi connectivity index (χ4v) is 4.96. The molecule has 0 spiro atoms. The second-order valence-corrected chi connectivity index (χ2v) is 10.2. The van der Waals surface area contributed by atoms with E-state index in [4.69, 9.17) is 9.26 Å². The maximum atomic E-state index is 15.1. The van der Waals surface area contributed by atoms with Gasteiger partial charge < -0.3 is 9.26 Å². The highest BCUT2D eigenvalue weighted by molar-refractivity contribution is 7.89. The van der Waals surface area contributed by atoms with Crippen molar-refractivity contribution in [3.63, 3.8) is 0 Å². The Morgan fingerprint density at radius 2 is 1.89 bits per heavy atom. The number of hydrogen-bond acceptors (Lipinski definition) is 7. The summed E-state index contributed by atoms with van der Waals surface area (Å²) in [7, 11) is -2.81. The highest BCUT2D eigenvalue weighted by Gasteiger charge is 2.52. The summed E-state index contributed by atoms with van der Waals surface area (Å²) in [4.78, 5) is 17.1. The lowest BCUT2D eigenvalue weighted by Gasteiger charge is -2.19. The molecule has 1 N–H and O–H groups in total. The number of imidazole rings is 1. The third kappa shape index (κ3) is 3.87. The molecule has 37 heavy (non-hydrogen) atoms. The Balaban J connectivity index is 1.71. The normalized spacial score (nSPS) is 16.9. The first-order valence-electron chi connectivity index (χ1n) is 10.6. The largest absolute Gasteiger partial charge is 0.481 e. The smallest absolute Gasteiger partial charge is 0.334 e. The van der Waals surface area contributed by atoms with Gasteiger partial charge >= 0.3 is 11.6 Å². The van der Waals surface area contributed by atoms with Crippen molar-refractivity contribution in [2.75, 3.05) is 12.9 Å². The van der Waals surface area contributed by atoms with Gasteiger partial charge in [0.05, 0.1) is 30.4 Å². The Hall–Kier alpha value is -3.79. The molecular formula is C21H16F5N5O5S. The van der Waals surface area contributed by atoms with Crippen LogP contribution in [0.4, 0.5) is 22.0 Å². The third-order valence-corrected chi connectivity index (χ3v) is 7.35. The second kappa shape index (κ2) is 8.37. The maximum absolute atomic E-state index is 15.1. The molecule has 196 valence electrons. The van der Waals surface area contributed by atoms with Gasteiger partial charge in [-0.15, -0.1) is 0 Å². The van der Waals surface area contributed by atoms with Crippen LogP contribution in [0.1, 0.15) is 12.6 Å². The summed E-state index contributed by atoms with van der Waals surface area (Å²) in [6.07, 6.45) is 0.727. The van der Waals surface area contributed by atoms with Crippen LogP contribution in [-0.4, -0.2) is 46.6 Å². The Morgan fingerprint density at radius 1 is 1.22 bits per heavy atom. The van der Waals surface area contributed by atoms with E-state index in [-0.39, 0.29) is 22.5 Å². The molecule has 10 nitrogen and oxygen atoms in total. The maximum Gasteiger partial charge on any atom is 0.334 e.